The average molecular weight is 229 g/mol. The Morgan fingerprint density at radius 1 is 1.35 bits per heavy atom. The van der Waals surface area contributed by atoms with Gasteiger partial charge in [-0.15, -0.1) is 0 Å². The molecule has 2 heteroatoms. The van der Waals surface area contributed by atoms with Crippen molar-refractivity contribution in [3.8, 4) is 0 Å². The molecule has 0 N–H and O–H groups in total. The quantitative estimate of drug-likeness (QED) is 0.774. The summed E-state index contributed by atoms with van der Waals surface area (Å²) >= 11 is 0. The smallest absolute Gasteiger partial charge is 0.183 e. The molecule has 1 heterocycles. The Kier molecular flexibility index (Phi) is 4.37. The van der Waals surface area contributed by atoms with Gasteiger partial charge in [0.25, 0.3) is 0 Å². The summed E-state index contributed by atoms with van der Waals surface area (Å²) in [5.74, 6) is 0.911. The largest absolute Gasteiger partial charge is 0.484 e. The molecule has 0 aromatic heterocycles. The van der Waals surface area contributed by atoms with Gasteiger partial charge in [0.15, 0.2) is 5.90 Å². The molecule has 0 spiro atoms. The van der Waals surface area contributed by atoms with Gasteiger partial charge in [0.05, 0.1) is 13.2 Å². The average Bonchev–Trinajstić information content (AvgIpc) is 2.40. The zero-order chi connectivity index (χ0) is 11.9. The lowest BCUT2D eigenvalue weighted by atomic mass is 10.0. The molecule has 2 nitrogen and oxygen atoms in total. The molecule has 1 aromatic carbocycles. The molecule has 1 aliphatic heterocycles. The van der Waals surface area contributed by atoms with Crippen LogP contribution >= 0.6 is 0 Å². The van der Waals surface area contributed by atoms with E-state index in [0.717, 1.165) is 18.7 Å². The van der Waals surface area contributed by atoms with Gasteiger partial charge in [-0.3, -0.25) is 4.99 Å². The Bertz CT molecular complexity index is 395. The fraction of sp³-hybridized carbons (Fsp3) is 0.400. The van der Waals surface area contributed by atoms with Crippen LogP contribution < -0.4 is 0 Å². The van der Waals surface area contributed by atoms with Gasteiger partial charge in [0, 0.05) is 6.42 Å². The molecule has 0 radical (unpaired) electrons. The van der Waals surface area contributed by atoms with Crippen molar-refractivity contribution in [1.82, 2.24) is 0 Å². The monoisotopic (exact) mass is 229 g/mol. The molecule has 0 bridgehead atoms. The number of aliphatic imine (C=N–C) groups is 1. The third-order valence-corrected chi connectivity index (χ3v) is 3.01. The van der Waals surface area contributed by atoms with E-state index in [1.807, 2.05) is 6.07 Å². The standard InChI is InChI=1S/C15H19NO/c1-17-15-12-6-11-14(16-15)10-5-9-13-7-3-2-4-8-13/h2-5,7-9,14H,6,10-12H2,1H3. The molecular formula is C15H19NO. The normalized spacial score (nSPS) is 20.3. The third kappa shape index (κ3) is 3.74. The molecule has 1 unspecified atom stereocenters. The molecule has 0 aliphatic carbocycles. The van der Waals surface area contributed by atoms with E-state index >= 15 is 0 Å². The van der Waals surface area contributed by atoms with Crippen LogP contribution in [0.1, 0.15) is 31.2 Å². The summed E-state index contributed by atoms with van der Waals surface area (Å²) in [6, 6.07) is 10.8. The summed E-state index contributed by atoms with van der Waals surface area (Å²) < 4.78 is 5.21. The van der Waals surface area contributed by atoms with Crippen molar-refractivity contribution in [3.63, 3.8) is 0 Å². The van der Waals surface area contributed by atoms with Crippen LogP contribution in [0.3, 0.4) is 0 Å². The zero-order valence-electron chi connectivity index (χ0n) is 10.3. The summed E-state index contributed by atoms with van der Waals surface area (Å²) in [6.45, 7) is 0. The fourth-order valence-electron chi connectivity index (χ4n) is 2.07. The van der Waals surface area contributed by atoms with Crippen LogP contribution in [0.4, 0.5) is 0 Å². The summed E-state index contributed by atoms with van der Waals surface area (Å²) in [7, 11) is 1.71. The van der Waals surface area contributed by atoms with E-state index in [4.69, 9.17) is 4.74 Å². The topological polar surface area (TPSA) is 21.6 Å². The number of hydrogen-bond acceptors (Lipinski definition) is 2. The van der Waals surface area contributed by atoms with Gasteiger partial charge >= 0.3 is 0 Å². The Morgan fingerprint density at radius 3 is 2.94 bits per heavy atom. The summed E-state index contributed by atoms with van der Waals surface area (Å²) in [4.78, 5) is 4.57. The molecule has 2 rings (SSSR count). The molecule has 1 atom stereocenters. The second-order valence-electron chi connectivity index (χ2n) is 4.32. The maximum atomic E-state index is 5.21. The van der Waals surface area contributed by atoms with Gasteiger partial charge in [-0.1, -0.05) is 42.5 Å². The second kappa shape index (κ2) is 6.24. The minimum atomic E-state index is 0.402. The highest BCUT2D eigenvalue weighted by Crippen LogP contribution is 2.17. The number of rotatable bonds is 3. The summed E-state index contributed by atoms with van der Waals surface area (Å²) in [5, 5.41) is 0. The Morgan fingerprint density at radius 2 is 2.18 bits per heavy atom. The number of methoxy groups -OCH3 is 1. The van der Waals surface area contributed by atoms with E-state index in [9.17, 15) is 0 Å². The highest BCUT2D eigenvalue weighted by molar-refractivity contribution is 5.76. The van der Waals surface area contributed by atoms with Crippen molar-refractivity contribution in [2.24, 2.45) is 4.99 Å². The number of nitrogens with zero attached hydrogens (tertiary/aromatic N) is 1. The third-order valence-electron chi connectivity index (χ3n) is 3.01. The predicted octanol–water partition coefficient (Wildman–Crippen LogP) is 3.69. The van der Waals surface area contributed by atoms with E-state index in [-0.39, 0.29) is 0 Å². The first-order valence-electron chi connectivity index (χ1n) is 6.21. The SMILES string of the molecule is COC1=NC(CC=Cc2ccccc2)CCC1. The number of benzene rings is 1. The molecule has 0 amide bonds. The molecule has 0 saturated heterocycles. The highest BCUT2D eigenvalue weighted by atomic mass is 16.5. The van der Waals surface area contributed by atoms with E-state index in [1.54, 1.807) is 7.11 Å². The molecule has 0 fully saturated rings. The van der Waals surface area contributed by atoms with E-state index in [2.05, 4.69) is 41.4 Å². The van der Waals surface area contributed by atoms with E-state index in [0.29, 0.717) is 6.04 Å². The van der Waals surface area contributed by atoms with Crippen LogP contribution in [0.5, 0.6) is 0 Å². The maximum Gasteiger partial charge on any atom is 0.183 e. The van der Waals surface area contributed by atoms with Crippen LogP contribution in [0.25, 0.3) is 6.08 Å². The van der Waals surface area contributed by atoms with Crippen LogP contribution in [0.15, 0.2) is 41.4 Å². The van der Waals surface area contributed by atoms with Gasteiger partial charge in [-0.05, 0) is 24.8 Å². The first-order chi connectivity index (χ1) is 8.38. The van der Waals surface area contributed by atoms with E-state index in [1.165, 1.54) is 18.4 Å². The van der Waals surface area contributed by atoms with Gasteiger partial charge in [-0.25, -0.2) is 0 Å². The molecule has 90 valence electrons. The van der Waals surface area contributed by atoms with Gasteiger partial charge in [0.2, 0.25) is 0 Å². The van der Waals surface area contributed by atoms with Crippen molar-refractivity contribution >= 4 is 12.0 Å². The summed E-state index contributed by atoms with van der Waals surface area (Å²) in [5.41, 5.74) is 1.25. The van der Waals surface area contributed by atoms with Crippen LogP contribution in [0, 0.1) is 0 Å². The minimum absolute atomic E-state index is 0.402. The number of ether oxygens (including phenoxy) is 1. The van der Waals surface area contributed by atoms with Crippen molar-refractivity contribution in [2.45, 2.75) is 31.7 Å². The minimum Gasteiger partial charge on any atom is -0.484 e. The highest BCUT2D eigenvalue weighted by Gasteiger charge is 2.13. The van der Waals surface area contributed by atoms with E-state index < -0.39 is 0 Å². The lowest BCUT2D eigenvalue weighted by molar-refractivity contribution is 0.367. The summed E-state index contributed by atoms with van der Waals surface area (Å²) in [6.07, 6.45) is 8.73. The molecule has 1 aliphatic rings. The molecule has 1 aromatic rings. The number of hydrogen-bond donors (Lipinski definition) is 0. The molecule has 0 saturated carbocycles. The Balaban J connectivity index is 1.88. The van der Waals surface area contributed by atoms with Gasteiger partial charge in [0.1, 0.15) is 0 Å². The molecular weight excluding hydrogens is 210 g/mol. The lowest BCUT2D eigenvalue weighted by Crippen LogP contribution is -2.16. The first-order valence-corrected chi connectivity index (χ1v) is 6.21. The van der Waals surface area contributed by atoms with Gasteiger partial charge < -0.3 is 4.74 Å². The van der Waals surface area contributed by atoms with Crippen molar-refractivity contribution < 1.29 is 4.74 Å². The van der Waals surface area contributed by atoms with Crippen molar-refractivity contribution in [2.75, 3.05) is 7.11 Å². The predicted molar refractivity (Wildman–Crippen MR) is 72.2 cm³/mol. The van der Waals surface area contributed by atoms with Crippen LogP contribution in [0.2, 0.25) is 0 Å². The Labute approximate surface area is 103 Å². The molecule has 17 heavy (non-hydrogen) atoms. The van der Waals surface area contributed by atoms with Crippen LogP contribution in [-0.4, -0.2) is 19.0 Å². The Hall–Kier alpha value is -1.57. The lowest BCUT2D eigenvalue weighted by Gasteiger charge is -2.17. The van der Waals surface area contributed by atoms with Gasteiger partial charge in [-0.2, -0.15) is 0 Å². The van der Waals surface area contributed by atoms with Crippen molar-refractivity contribution in [3.05, 3.63) is 42.0 Å². The van der Waals surface area contributed by atoms with Crippen molar-refractivity contribution in [1.29, 1.82) is 0 Å². The maximum absolute atomic E-state index is 5.21. The zero-order valence-corrected chi connectivity index (χ0v) is 10.3. The van der Waals surface area contributed by atoms with Crippen LogP contribution in [-0.2, 0) is 4.74 Å². The fourth-order valence-corrected chi connectivity index (χ4v) is 2.07. The second-order valence-corrected chi connectivity index (χ2v) is 4.32. The first kappa shape index (κ1) is 11.9.